The second-order valence-electron chi connectivity index (χ2n) is 7.93. The van der Waals surface area contributed by atoms with E-state index in [1.54, 1.807) is 19.1 Å². The summed E-state index contributed by atoms with van der Waals surface area (Å²) in [5.41, 5.74) is 2.47. The van der Waals surface area contributed by atoms with Crippen molar-refractivity contribution in [2.75, 3.05) is 14.2 Å². The fourth-order valence-corrected chi connectivity index (χ4v) is 4.19. The van der Waals surface area contributed by atoms with Crippen molar-refractivity contribution in [1.29, 1.82) is 5.26 Å². The summed E-state index contributed by atoms with van der Waals surface area (Å²) in [5, 5.41) is 20.0. The second-order valence-corrected chi connectivity index (χ2v) is 7.93. The van der Waals surface area contributed by atoms with Gasteiger partial charge in [0.25, 0.3) is 0 Å². The van der Waals surface area contributed by atoms with Crippen molar-refractivity contribution in [3.63, 3.8) is 0 Å². The van der Waals surface area contributed by atoms with Gasteiger partial charge in [0.05, 0.1) is 37.5 Å². The van der Waals surface area contributed by atoms with E-state index >= 15 is 0 Å². The highest BCUT2D eigenvalue weighted by molar-refractivity contribution is 6.10. The molecular formula is C21H24N2O4. The summed E-state index contributed by atoms with van der Waals surface area (Å²) in [7, 11) is 2.90. The number of benzene rings is 1. The molecule has 1 aliphatic heterocycles. The lowest BCUT2D eigenvalue weighted by molar-refractivity contribution is -0.124. The number of nitriles is 1. The molecule has 1 fully saturated rings. The van der Waals surface area contributed by atoms with Crippen LogP contribution in [0, 0.1) is 22.7 Å². The molecule has 0 spiro atoms. The van der Waals surface area contributed by atoms with E-state index in [0.29, 0.717) is 29.7 Å². The fraction of sp³-hybridized carbons (Fsp3) is 0.476. The van der Waals surface area contributed by atoms with Gasteiger partial charge < -0.3 is 14.6 Å². The number of allylic oxidation sites excluding steroid dienone is 2. The van der Waals surface area contributed by atoms with Gasteiger partial charge >= 0.3 is 0 Å². The number of methoxy groups -OCH3 is 2. The van der Waals surface area contributed by atoms with Gasteiger partial charge in [0.2, 0.25) is 5.75 Å². The number of Topliss-reactive ketones (excluding diaryl/α,β-unsaturated/α-hetero) is 1. The molecule has 142 valence electrons. The number of phenolic OH excluding ortho intramolecular Hbond substituents is 1. The van der Waals surface area contributed by atoms with Crippen LogP contribution >= 0.6 is 0 Å². The standard InChI is InChI=1S/C21H24N2O4/c1-11-13(10-22)18(12-6-16(26-4)20(25)17(7-12)27-5)19-14(23-11)8-21(2,3)9-15(19)24/h6-7,18-19,25H,8-9H2,1-5H3/t18-,19-/m0/s1. The Balaban J connectivity index is 2.21. The smallest absolute Gasteiger partial charge is 0.200 e. The van der Waals surface area contributed by atoms with Gasteiger partial charge in [-0.15, -0.1) is 0 Å². The summed E-state index contributed by atoms with van der Waals surface area (Å²) in [6.07, 6.45) is 1.15. The molecule has 1 heterocycles. The number of nitrogens with zero attached hydrogens (tertiary/aromatic N) is 2. The summed E-state index contributed by atoms with van der Waals surface area (Å²) in [4.78, 5) is 17.7. The van der Waals surface area contributed by atoms with E-state index in [2.05, 4.69) is 24.9 Å². The van der Waals surface area contributed by atoms with E-state index in [0.717, 1.165) is 5.71 Å². The molecule has 6 nitrogen and oxygen atoms in total. The summed E-state index contributed by atoms with van der Waals surface area (Å²) in [6, 6.07) is 5.58. The van der Waals surface area contributed by atoms with Gasteiger partial charge in [0.15, 0.2) is 11.5 Å². The molecule has 6 heteroatoms. The largest absolute Gasteiger partial charge is 0.502 e. The van der Waals surface area contributed by atoms with Crippen LogP contribution in [0.15, 0.2) is 28.4 Å². The monoisotopic (exact) mass is 368 g/mol. The first-order chi connectivity index (χ1) is 12.7. The molecule has 0 radical (unpaired) electrons. The number of ether oxygens (including phenoxy) is 2. The van der Waals surface area contributed by atoms with E-state index in [-0.39, 0.29) is 28.4 Å². The lowest BCUT2D eigenvalue weighted by Gasteiger charge is -2.40. The zero-order chi connectivity index (χ0) is 19.9. The zero-order valence-electron chi connectivity index (χ0n) is 16.3. The molecule has 1 aromatic rings. The van der Waals surface area contributed by atoms with Gasteiger partial charge in [-0.2, -0.15) is 5.26 Å². The highest BCUT2D eigenvalue weighted by Gasteiger charge is 2.46. The van der Waals surface area contributed by atoms with Crippen molar-refractivity contribution in [2.45, 2.75) is 39.5 Å². The molecule has 1 aromatic carbocycles. The number of hydrogen-bond acceptors (Lipinski definition) is 6. The van der Waals surface area contributed by atoms with Crippen LogP contribution in [0.4, 0.5) is 0 Å². The van der Waals surface area contributed by atoms with Crippen LogP contribution in [-0.4, -0.2) is 30.8 Å². The number of carbonyl (C=O) groups is 1. The molecule has 1 N–H and O–H groups in total. The van der Waals surface area contributed by atoms with E-state index in [1.165, 1.54) is 14.2 Å². The van der Waals surface area contributed by atoms with Gasteiger partial charge in [0, 0.05) is 18.1 Å². The van der Waals surface area contributed by atoms with Gasteiger partial charge in [-0.05, 0) is 36.5 Å². The summed E-state index contributed by atoms with van der Waals surface area (Å²) >= 11 is 0. The number of ketones is 1. The lowest BCUT2D eigenvalue weighted by atomic mass is 9.63. The molecule has 0 unspecified atom stereocenters. The molecule has 0 aromatic heterocycles. The molecule has 27 heavy (non-hydrogen) atoms. The normalized spacial score (nSPS) is 24.0. The zero-order valence-corrected chi connectivity index (χ0v) is 16.3. The van der Waals surface area contributed by atoms with Crippen molar-refractivity contribution < 1.29 is 19.4 Å². The van der Waals surface area contributed by atoms with Crippen LogP contribution in [0.25, 0.3) is 0 Å². The first-order valence-corrected chi connectivity index (χ1v) is 8.88. The molecule has 0 bridgehead atoms. The van der Waals surface area contributed by atoms with Crippen LogP contribution in [0.5, 0.6) is 17.2 Å². The number of hydrogen-bond donors (Lipinski definition) is 1. The number of carbonyl (C=O) groups excluding carboxylic acids is 1. The van der Waals surface area contributed by atoms with Gasteiger partial charge in [0.1, 0.15) is 5.78 Å². The first-order valence-electron chi connectivity index (χ1n) is 8.88. The maximum atomic E-state index is 13.0. The minimum absolute atomic E-state index is 0.0845. The van der Waals surface area contributed by atoms with Crippen LogP contribution < -0.4 is 9.47 Å². The molecule has 2 aliphatic rings. The van der Waals surface area contributed by atoms with Crippen LogP contribution in [0.2, 0.25) is 0 Å². The summed E-state index contributed by atoms with van der Waals surface area (Å²) in [5.74, 6) is -0.478. The molecule has 0 saturated heterocycles. The highest BCUT2D eigenvalue weighted by Crippen LogP contribution is 2.49. The Morgan fingerprint density at radius 2 is 1.78 bits per heavy atom. The molecule has 1 saturated carbocycles. The highest BCUT2D eigenvalue weighted by atomic mass is 16.5. The maximum Gasteiger partial charge on any atom is 0.200 e. The molecule has 3 rings (SSSR count). The topological polar surface area (TPSA) is 91.9 Å². The third-order valence-corrected chi connectivity index (χ3v) is 5.35. The number of phenols is 1. The maximum absolute atomic E-state index is 13.0. The van der Waals surface area contributed by atoms with Gasteiger partial charge in [-0.1, -0.05) is 13.8 Å². The fourth-order valence-electron chi connectivity index (χ4n) is 4.19. The number of fused-ring (bicyclic) bond motifs is 1. The average molecular weight is 368 g/mol. The Kier molecular flexibility index (Phi) is 4.73. The Hall–Kier alpha value is -2.81. The number of aromatic hydroxyl groups is 1. The predicted molar refractivity (Wildman–Crippen MR) is 101 cm³/mol. The predicted octanol–water partition coefficient (Wildman–Crippen LogP) is 3.75. The second kappa shape index (κ2) is 6.73. The molecule has 1 aliphatic carbocycles. The quantitative estimate of drug-likeness (QED) is 0.877. The molecule has 0 amide bonds. The van der Waals surface area contributed by atoms with Gasteiger partial charge in [-0.25, -0.2) is 0 Å². The molecule has 2 atom stereocenters. The first kappa shape index (κ1) is 19.0. The Labute approximate surface area is 159 Å². The van der Waals surface area contributed by atoms with Crippen molar-refractivity contribution in [1.82, 2.24) is 0 Å². The van der Waals surface area contributed by atoms with Crippen molar-refractivity contribution in [2.24, 2.45) is 16.3 Å². The Morgan fingerprint density at radius 1 is 1.19 bits per heavy atom. The number of aliphatic imine (C=N–C) groups is 1. The van der Waals surface area contributed by atoms with Crippen molar-refractivity contribution in [3.05, 3.63) is 29.0 Å². The van der Waals surface area contributed by atoms with E-state index in [1.807, 2.05) is 0 Å². The Bertz CT molecular complexity index is 880. The van der Waals surface area contributed by atoms with E-state index in [9.17, 15) is 15.2 Å². The van der Waals surface area contributed by atoms with Crippen molar-refractivity contribution in [3.8, 4) is 23.3 Å². The van der Waals surface area contributed by atoms with Crippen LogP contribution in [-0.2, 0) is 4.79 Å². The average Bonchev–Trinajstić information content (AvgIpc) is 2.59. The third-order valence-electron chi connectivity index (χ3n) is 5.35. The summed E-state index contributed by atoms with van der Waals surface area (Å²) < 4.78 is 10.5. The molecular weight excluding hydrogens is 344 g/mol. The van der Waals surface area contributed by atoms with Gasteiger partial charge in [-0.3, -0.25) is 9.79 Å². The Morgan fingerprint density at radius 3 is 2.30 bits per heavy atom. The van der Waals surface area contributed by atoms with Crippen LogP contribution in [0.1, 0.15) is 45.1 Å². The van der Waals surface area contributed by atoms with E-state index in [4.69, 9.17) is 9.47 Å². The van der Waals surface area contributed by atoms with Crippen molar-refractivity contribution >= 4 is 11.5 Å². The SMILES string of the molecule is COc1cc([C@H]2C(C#N)=C(C)N=C3CC(C)(C)CC(=O)[C@H]32)cc(OC)c1O. The van der Waals surface area contributed by atoms with E-state index < -0.39 is 11.8 Å². The lowest BCUT2D eigenvalue weighted by Crippen LogP contribution is -2.42. The third kappa shape index (κ3) is 3.18. The van der Waals surface area contributed by atoms with Crippen LogP contribution in [0.3, 0.4) is 0 Å². The minimum Gasteiger partial charge on any atom is -0.502 e. The summed E-state index contributed by atoms with van der Waals surface area (Å²) in [6.45, 7) is 5.92. The minimum atomic E-state index is -0.477. The number of rotatable bonds is 3.